The van der Waals surface area contributed by atoms with E-state index in [2.05, 4.69) is 0 Å². The highest BCUT2D eigenvalue weighted by molar-refractivity contribution is 6.03. The highest BCUT2D eigenvalue weighted by atomic mass is 16.5. The molecule has 0 spiro atoms. The zero-order chi connectivity index (χ0) is 13.8. The van der Waals surface area contributed by atoms with Crippen LogP contribution in [0.1, 0.15) is 32.1 Å². The molecule has 2 saturated heterocycles. The standard InChI is InChI=1S/C13H19NO5/c15-11(4-3-9-2-1-7-19-9)10-8-14(13(17)18)6-5-12(10)16/h9-10H,1-8H2,(H,17,18). The van der Waals surface area contributed by atoms with E-state index in [4.69, 9.17) is 9.84 Å². The van der Waals surface area contributed by atoms with Crippen molar-refractivity contribution in [2.75, 3.05) is 19.7 Å². The number of amides is 1. The molecule has 106 valence electrons. The van der Waals surface area contributed by atoms with Gasteiger partial charge < -0.3 is 14.7 Å². The lowest BCUT2D eigenvalue weighted by molar-refractivity contribution is -0.135. The third-order valence-electron chi connectivity index (χ3n) is 3.82. The summed E-state index contributed by atoms with van der Waals surface area (Å²) in [4.78, 5) is 35.8. The van der Waals surface area contributed by atoms with Gasteiger partial charge in [0.25, 0.3) is 0 Å². The Bertz CT molecular complexity index is 375. The molecule has 0 aromatic rings. The van der Waals surface area contributed by atoms with Gasteiger partial charge in [0.15, 0.2) is 0 Å². The van der Waals surface area contributed by atoms with Gasteiger partial charge in [0, 0.05) is 32.5 Å². The molecule has 1 N–H and O–H groups in total. The van der Waals surface area contributed by atoms with E-state index >= 15 is 0 Å². The number of ketones is 2. The second-order valence-electron chi connectivity index (χ2n) is 5.14. The van der Waals surface area contributed by atoms with Gasteiger partial charge in [-0.15, -0.1) is 0 Å². The molecule has 2 aliphatic rings. The highest BCUT2D eigenvalue weighted by Gasteiger charge is 2.34. The quantitative estimate of drug-likeness (QED) is 0.772. The Morgan fingerprint density at radius 1 is 1.42 bits per heavy atom. The summed E-state index contributed by atoms with van der Waals surface area (Å²) in [5, 5.41) is 8.91. The van der Waals surface area contributed by atoms with Crippen molar-refractivity contribution in [3.05, 3.63) is 0 Å². The van der Waals surface area contributed by atoms with E-state index in [0.29, 0.717) is 12.8 Å². The monoisotopic (exact) mass is 269 g/mol. The summed E-state index contributed by atoms with van der Waals surface area (Å²) in [5.74, 6) is -1.05. The number of piperidine rings is 1. The molecule has 0 aromatic carbocycles. The summed E-state index contributed by atoms with van der Waals surface area (Å²) >= 11 is 0. The van der Waals surface area contributed by atoms with Crippen LogP contribution in [0.4, 0.5) is 4.79 Å². The number of likely N-dealkylation sites (tertiary alicyclic amines) is 1. The Morgan fingerprint density at radius 3 is 2.84 bits per heavy atom. The van der Waals surface area contributed by atoms with Crippen LogP contribution in [0, 0.1) is 5.92 Å². The van der Waals surface area contributed by atoms with Gasteiger partial charge in [-0.3, -0.25) is 9.59 Å². The fourth-order valence-corrected chi connectivity index (χ4v) is 2.64. The molecule has 2 rings (SSSR count). The third-order valence-corrected chi connectivity index (χ3v) is 3.82. The van der Waals surface area contributed by atoms with Crippen molar-refractivity contribution in [1.29, 1.82) is 0 Å². The van der Waals surface area contributed by atoms with E-state index in [0.717, 1.165) is 24.3 Å². The molecule has 2 heterocycles. The zero-order valence-corrected chi connectivity index (χ0v) is 10.8. The minimum Gasteiger partial charge on any atom is -0.465 e. The fourth-order valence-electron chi connectivity index (χ4n) is 2.64. The lowest BCUT2D eigenvalue weighted by atomic mass is 9.89. The number of hydrogen-bond acceptors (Lipinski definition) is 4. The van der Waals surface area contributed by atoms with Crippen LogP contribution in [0.25, 0.3) is 0 Å². The minimum atomic E-state index is -1.07. The summed E-state index contributed by atoms with van der Waals surface area (Å²) < 4.78 is 5.44. The Hall–Kier alpha value is -1.43. The second-order valence-corrected chi connectivity index (χ2v) is 5.14. The van der Waals surface area contributed by atoms with Crippen LogP contribution in [0.15, 0.2) is 0 Å². The molecule has 6 heteroatoms. The first-order valence-electron chi connectivity index (χ1n) is 6.73. The molecule has 1 amide bonds. The first-order chi connectivity index (χ1) is 9.08. The van der Waals surface area contributed by atoms with Gasteiger partial charge in [0.2, 0.25) is 0 Å². The van der Waals surface area contributed by atoms with Gasteiger partial charge in [-0.2, -0.15) is 0 Å². The predicted octanol–water partition coefficient (Wildman–Crippen LogP) is 1.08. The van der Waals surface area contributed by atoms with E-state index in [1.54, 1.807) is 0 Å². The Labute approximate surface area is 111 Å². The molecular formula is C13H19NO5. The van der Waals surface area contributed by atoms with Crippen LogP contribution in [0.2, 0.25) is 0 Å². The number of rotatable bonds is 4. The lowest BCUT2D eigenvalue weighted by Gasteiger charge is -2.29. The molecule has 0 aliphatic carbocycles. The first-order valence-corrected chi connectivity index (χ1v) is 6.73. The van der Waals surface area contributed by atoms with E-state index in [1.807, 2.05) is 0 Å². The van der Waals surface area contributed by atoms with Gasteiger partial charge in [-0.25, -0.2) is 4.79 Å². The molecular weight excluding hydrogens is 250 g/mol. The van der Waals surface area contributed by atoms with Gasteiger partial charge in [-0.1, -0.05) is 0 Å². The van der Waals surface area contributed by atoms with Crippen LogP contribution in [-0.2, 0) is 14.3 Å². The van der Waals surface area contributed by atoms with Gasteiger partial charge in [-0.05, 0) is 19.3 Å². The molecule has 6 nitrogen and oxygen atoms in total. The van der Waals surface area contributed by atoms with E-state index in [1.165, 1.54) is 0 Å². The topological polar surface area (TPSA) is 83.9 Å². The summed E-state index contributed by atoms with van der Waals surface area (Å²) in [5.41, 5.74) is 0. The van der Waals surface area contributed by atoms with Gasteiger partial charge in [0.05, 0.1) is 12.0 Å². The summed E-state index contributed by atoms with van der Waals surface area (Å²) in [6.45, 7) is 0.955. The van der Waals surface area contributed by atoms with E-state index in [-0.39, 0.29) is 37.2 Å². The maximum Gasteiger partial charge on any atom is 0.407 e. The Morgan fingerprint density at radius 2 is 2.21 bits per heavy atom. The van der Waals surface area contributed by atoms with Crippen molar-refractivity contribution in [2.24, 2.45) is 5.92 Å². The van der Waals surface area contributed by atoms with E-state index < -0.39 is 12.0 Å². The number of ether oxygens (including phenoxy) is 1. The third kappa shape index (κ3) is 3.53. The maximum absolute atomic E-state index is 12.0. The SMILES string of the molecule is O=C(CCC1CCCO1)C1CN(C(=O)O)CCC1=O. The Kier molecular flexibility index (Phi) is 4.52. The normalized spacial score (nSPS) is 27.6. The minimum absolute atomic E-state index is 0.0124. The summed E-state index contributed by atoms with van der Waals surface area (Å²) in [6.07, 6.45) is 2.12. The van der Waals surface area contributed by atoms with Crippen LogP contribution < -0.4 is 0 Å². The van der Waals surface area contributed by atoms with Crippen LogP contribution in [0.5, 0.6) is 0 Å². The number of carboxylic acid groups (broad SMARTS) is 1. The predicted molar refractivity (Wildman–Crippen MR) is 65.9 cm³/mol. The second kappa shape index (κ2) is 6.14. The van der Waals surface area contributed by atoms with Gasteiger partial charge >= 0.3 is 6.09 Å². The molecule has 2 fully saturated rings. The lowest BCUT2D eigenvalue weighted by Crippen LogP contribution is -2.46. The van der Waals surface area contributed by atoms with Crippen LogP contribution >= 0.6 is 0 Å². The molecule has 2 aliphatic heterocycles. The van der Waals surface area contributed by atoms with Crippen LogP contribution in [0.3, 0.4) is 0 Å². The fraction of sp³-hybridized carbons (Fsp3) is 0.769. The number of nitrogens with zero attached hydrogens (tertiary/aromatic N) is 1. The molecule has 2 unspecified atom stereocenters. The molecule has 0 bridgehead atoms. The summed E-state index contributed by atoms with van der Waals surface area (Å²) in [7, 11) is 0. The van der Waals surface area contributed by atoms with Crippen molar-refractivity contribution in [2.45, 2.75) is 38.2 Å². The Balaban J connectivity index is 1.85. The highest BCUT2D eigenvalue weighted by Crippen LogP contribution is 2.21. The smallest absolute Gasteiger partial charge is 0.407 e. The molecule has 19 heavy (non-hydrogen) atoms. The first kappa shape index (κ1) is 14.0. The zero-order valence-electron chi connectivity index (χ0n) is 10.8. The molecule has 2 atom stereocenters. The largest absolute Gasteiger partial charge is 0.465 e. The van der Waals surface area contributed by atoms with Crippen molar-refractivity contribution >= 4 is 17.7 Å². The molecule has 0 aromatic heterocycles. The number of carbonyl (C=O) groups is 3. The maximum atomic E-state index is 12.0. The van der Waals surface area contributed by atoms with Crippen molar-refractivity contribution < 1.29 is 24.2 Å². The molecule has 0 saturated carbocycles. The average molecular weight is 269 g/mol. The van der Waals surface area contributed by atoms with Crippen molar-refractivity contribution in [3.63, 3.8) is 0 Å². The summed E-state index contributed by atoms with van der Waals surface area (Å²) in [6, 6.07) is 0. The van der Waals surface area contributed by atoms with Gasteiger partial charge in [0.1, 0.15) is 11.6 Å². The average Bonchev–Trinajstić information content (AvgIpc) is 2.89. The van der Waals surface area contributed by atoms with Crippen molar-refractivity contribution in [1.82, 2.24) is 4.90 Å². The van der Waals surface area contributed by atoms with E-state index in [9.17, 15) is 14.4 Å². The molecule has 0 radical (unpaired) electrons. The van der Waals surface area contributed by atoms with Crippen molar-refractivity contribution in [3.8, 4) is 0 Å². The number of hydrogen-bond donors (Lipinski definition) is 1. The number of carbonyl (C=O) groups excluding carboxylic acids is 2. The number of Topliss-reactive ketones (excluding diaryl/α,β-unsaturated/α-hetero) is 2. The van der Waals surface area contributed by atoms with Crippen LogP contribution in [-0.4, -0.2) is 53.5 Å².